The average molecular weight is 430 g/mol. The van der Waals surface area contributed by atoms with Crippen LogP contribution in [0.4, 0.5) is 21.9 Å². The van der Waals surface area contributed by atoms with Crippen LogP contribution in [0, 0.1) is 0 Å². The Balaban J connectivity index is 1.50. The van der Waals surface area contributed by atoms with Crippen molar-refractivity contribution in [3.63, 3.8) is 0 Å². The van der Waals surface area contributed by atoms with Gasteiger partial charge in [-0.3, -0.25) is 4.90 Å². The van der Waals surface area contributed by atoms with E-state index in [1.54, 1.807) is 11.0 Å². The molecule has 0 unspecified atom stereocenters. The number of carbonyl (C=O) groups excluding carboxylic acids is 1. The SMILES string of the molecule is O=C(Nc1ccccc1)N1CCc2c(NSc3cc(Cl)cc(Cl)c3)cccc21. The predicted octanol–water partition coefficient (Wildman–Crippen LogP) is 6.71. The summed E-state index contributed by atoms with van der Waals surface area (Å²) >= 11 is 13.6. The Bertz CT molecular complexity index is 994. The molecule has 0 saturated carbocycles. The van der Waals surface area contributed by atoms with E-state index in [1.807, 2.05) is 60.7 Å². The minimum atomic E-state index is -0.128. The summed E-state index contributed by atoms with van der Waals surface area (Å²) in [6.45, 7) is 0.639. The number of carbonyl (C=O) groups is 1. The number of fused-ring (bicyclic) bond motifs is 1. The van der Waals surface area contributed by atoms with Crippen molar-refractivity contribution in [3.8, 4) is 0 Å². The van der Waals surface area contributed by atoms with Crippen LogP contribution < -0.4 is 14.9 Å². The largest absolute Gasteiger partial charge is 0.326 e. The monoisotopic (exact) mass is 429 g/mol. The summed E-state index contributed by atoms with van der Waals surface area (Å²) < 4.78 is 3.37. The molecule has 3 aromatic rings. The molecule has 0 fully saturated rings. The first-order chi connectivity index (χ1) is 13.6. The zero-order valence-electron chi connectivity index (χ0n) is 14.8. The first-order valence-electron chi connectivity index (χ1n) is 8.74. The Morgan fingerprint density at radius 2 is 1.71 bits per heavy atom. The molecule has 1 aliphatic heterocycles. The number of rotatable bonds is 4. The second-order valence-electron chi connectivity index (χ2n) is 6.31. The molecular weight excluding hydrogens is 413 g/mol. The van der Waals surface area contributed by atoms with E-state index in [-0.39, 0.29) is 6.03 Å². The molecule has 0 aliphatic carbocycles. The van der Waals surface area contributed by atoms with Crippen LogP contribution in [0.5, 0.6) is 0 Å². The lowest BCUT2D eigenvalue weighted by Crippen LogP contribution is -2.33. The van der Waals surface area contributed by atoms with E-state index in [1.165, 1.54) is 11.9 Å². The van der Waals surface area contributed by atoms with E-state index >= 15 is 0 Å². The third-order valence-electron chi connectivity index (χ3n) is 4.41. The number of anilines is 3. The summed E-state index contributed by atoms with van der Waals surface area (Å²) in [7, 11) is 0. The third-order valence-corrected chi connectivity index (χ3v) is 5.64. The van der Waals surface area contributed by atoms with Crippen molar-refractivity contribution in [2.75, 3.05) is 21.5 Å². The summed E-state index contributed by atoms with van der Waals surface area (Å²) in [5.74, 6) is 0. The summed E-state index contributed by atoms with van der Waals surface area (Å²) in [6.07, 6.45) is 0.789. The highest BCUT2D eigenvalue weighted by atomic mass is 35.5. The molecule has 0 bridgehead atoms. The summed E-state index contributed by atoms with van der Waals surface area (Å²) in [5.41, 5.74) is 3.80. The van der Waals surface area contributed by atoms with E-state index < -0.39 is 0 Å². The number of halogens is 2. The zero-order valence-corrected chi connectivity index (χ0v) is 17.1. The summed E-state index contributed by atoms with van der Waals surface area (Å²) in [4.78, 5) is 15.4. The van der Waals surface area contributed by atoms with Gasteiger partial charge >= 0.3 is 6.03 Å². The van der Waals surface area contributed by atoms with Crippen LogP contribution in [0.2, 0.25) is 10.0 Å². The normalized spacial score (nSPS) is 12.6. The van der Waals surface area contributed by atoms with Crippen molar-refractivity contribution in [1.29, 1.82) is 0 Å². The van der Waals surface area contributed by atoms with Crippen LogP contribution in [0.25, 0.3) is 0 Å². The maximum Gasteiger partial charge on any atom is 0.326 e. The van der Waals surface area contributed by atoms with Gasteiger partial charge in [0.2, 0.25) is 0 Å². The second kappa shape index (κ2) is 8.35. The topological polar surface area (TPSA) is 44.4 Å². The molecular formula is C21H17Cl2N3OS. The smallest absolute Gasteiger partial charge is 0.325 e. The first kappa shape index (κ1) is 19.0. The molecule has 3 aromatic carbocycles. The van der Waals surface area contributed by atoms with Gasteiger partial charge in [0.15, 0.2) is 0 Å². The maximum atomic E-state index is 12.7. The Hall–Kier alpha value is -2.34. The number of para-hydroxylation sites is 1. The zero-order chi connectivity index (χ0) is 19.5. The molecule has 4 nitrogen and oxygen atoms in total. The lowest BCUT2D eigenvalue weighted by atomic mass is 10.1. The lowest BCUT2D eigenvalue weighted by molar-refractivity contribution is 0.257. The van der Waals surface area contributed by atoms with Crippen molar-refractivity contribution in [2.24, 2.45) is 0 Å². The number of amides is 2. The predicted molar refractivity (Wildman–Crippen MR) is 119 cm³/mol. The van der Waals surface area contributed by atoms with Gasteiger partial charge in [-0.1, -0.05) is 47.5 Å². The van der Waals surface area contributed by atoms with Crippen LogP contribution in [0.1, 0.15) is 5.56 Å². The van der Waals surface area contributed by atoms with Gasteiger partial charge in [-0.05, 0) is 60.8 Å². The average Bonchev–Trinajstić information content (AvgIpc) is 3.11. The van der Waals surface area contributed by atoms with Gasteiger partial charge in [-0.15, -0.1) is 0 Å². The van der Waals surface area contributed by atoms with Crippen LogP contribution in [0.15, 0.2) is 71.6 Å². The molecule has 1 heterocycles. The number of nitrogens with zero attached hydrogens (tertiary/aromatic N) is 1. The standard InChI is InChI=1S/C21H17Cl2N3OS/c22-14-11-15(23)13-17(12-14)28-25-19-7-4-8-20-18(19)9-10-26(20)21(27)24-16-5-2-1-3-6-16/h1-8,11-13,25H,9-10H2,(H,24,27). The Labute approximate surface area is 178 Å². The van der Waals surface area contributed by atoms with Crippen molar-refractivity contribution >= 4 is 58.2 Å². The fourth-order valence-electron chi connectivity index (χ4n) is 3.15. The van der Waals surface area contributed by atoms with E-state index in [2.05, 4.69) is 10.0 Å². The summed E-state index contributed by atoms with van der Waals surface area (Å²) in [5, 5.41) is 4.14. The van der Waals surface area contributed by atoms with Crippen molar-refractivity contribution in [3.05, 3.63) is 82.3 Å². The Kier molecular flexibility index (Phi) is 5.67. The fourth-order valence-corrected chi connectivity index (χ4v) is 4.60. The van der Waals surface area contributed by atoms with Gasteiger partial charge in [0, 0.05) is 38.4 Å². The number of urea groups is 1. The highest BCUT2D eigenvalue weighted by Gasteiger charge is 2.26. The maximum absolute atomic E-state index is 12.7. The third kappa shape index (κ3) is 4.22. The molecule has 0 radical (unpaired) electrons. The Morgan fingerprint density at radius 1 is 0.964 bits per heavy atom. The molecule has 4 rings (SSSR count). The second-order valence-corrected chi connectivity index (χ2v) is 8.06. The van der Waals surface area contributed by atoms with Crippen LogP contribution in [0.3, 0.4) is 0 Å². The number of hydrogen-bond acceptors (Lipinski definition) is 3. The molecule has 2 N–H and O–H groups in total. The molecule has 0 saturated heterocycles. The van der Waals surface area contributed by atoms with Crippen molar-refractivity contribution in [1.82, 2.24) is 0 Å². The van der Waals surface area contributed by atoms with Gasteiger partial charge in [-0.25, -0.2) is 4.79 Å². The van der Waals surface area contributed by atoms with Gasteiger partial charge in [0.05, 0.1) is 5.69 Å². The molecule has 142 valence electrons. The molecule has 0 aromatic heterocycles. The van der Waals surface area contributed by atoms with Crippen molar-refractivity contribution in [2.45, 2.75) is 11.3 Å². The molecule has 2 amide bonds. The highest BCUT2D eigenvalue weighted by Crippen LogP contribution is 2.36. The Morgan fingerprint density at radius 3 is 2.46 bits per heavy atom. The van der Waals surface area contributed by atoms with Crippen molar-refractivity contribution < 1.29 is 4.79 Å². The number of benzene rings is 3. The molecule has 0 spiro atoms. The van der Waals surface area contributed by atoms with Gasteiger partial charge < -0.3 is 10.0 Å². The first-order valence-corrected chi connectivity index (χ1v) is 10.3. The van der Waals surface area contributed by atoms with E-state index in [0.29, 0.717) is 16.6 Å². The number of hydrogen-bond donors (Lipinski definition) is 2. The van der Waals surface area contributed by atoms with E-state index in [4.69, 9.17) is 23.2 Å². The van der Waals surface area contributed by atoms with Gasteiger partial charge in [0.1, 0.15) is 0 Å². The van der Waals surface area contributed by atoms with Crippen LogP contribution in [-0.2, 0) is 6.42 Å². The van der Waals surface area contributed by atoms with Gasteiger partial charge in [0.25, 0.3) is 0 Å². The molecule has 28 heavy (non-hydrogen) atoms. The molecule has 7 heteroatoms. The highest BCUT2D eigenvalue weighted by molar-refractivity contribution is 8.00. The quantitative estimate of drug-likeness (QED) is 0.453. The molecule has 0 atom stereocenters. The molecule has 1 aliphatic rings. The van der Waals surface area contributed by atoms with Gasteiger partial charge in [-0.2, -0.15) is 0 Å². The van der Waals surface area contributed by atoms with E-state index in [0.717, 1.165) is 33.9 Å². The lowest BCUT2D eigenvalue weighted by Gasteiger charge is -2.19. The number of nitrogens with one attached hydrogen (secondary N) is 2. The summed E-state index contributed by atoms with van der Waals surface area (Å²) in [6, 6.07) is 20.7. The minimum absolute atomic E-state index is 0.128. The fraction of sp³-hybridized carbons (Fsp3) is 0.0952. The van der Waals surface area contributed by atoms with Crippen LogP contribution in [-0.4, -0.2) is 12.6 Å². The van der Waals surface area contributed by atoms with E-state index in [9.17, 15) is 4.79 Å². The minimum Gasteiger partial charge on any atom is -0.325 e. The van der Waals surface area contributed by atoms with Crippen LogP contribution >= 0.6 is 35.1 Å².